The second-order valence-electron chi connectivity index (χ2n) is 6.28. The van der Waals surface area contributed by atoms with Gasteiger partial charge in [0.2, 0.25) is 0 Å². The molecule has 126 valence electrons. The van der Waals surface area contributed by atoms with E-state index in [0.717, 1.165) is 31.5 Å². The molecular formula is C18H21N3O2S. The number of nitrogens with one attached hydrogen (secondary N) is 1. The van der Waals surface area contributed by atoms with Gasteiger partial charge in [-0.1, -0.05) is 25.1 Å². The summed E-state index contributed by atoms with van der Waals surface area (Å²) in [6.07, 6.45) is 2.07. The Morgan fingerprint density at radius 2 is 1.96 bits per heavy atom. The summed E-state index contributed by atoms with van der Waals surface area (Å²) < 4.78 is 0. The van der Waals surface area contributed by atoms with Gasteiger partial charge in [0.25, 0.3) is 11.8 Å². The van der Waals surface area contributed by atoms with Gasteiger partial charge in [-0.2, -0.15) is 0 Å². The molecule has 1 aliphatic heterocycles. The van der Waals surface area contributed by atoms with E-state index in [-0.39, 0.29) is 11.8 Å². The number of anilines is 1. The molecule has 0 radical (unpaired) electrons. The lowest BCUT2D eigenvalue weighted by Crippen LogP contribution is -2.38. The third kappa shape index (κ3) is 3.64. The van der Waals surface area contributed by atoms with Crippen LogP contribution in [0.5, 0.6) is 0 Å². The van der Waals surface area contributed by atoms with Crippen LogP contribution < -0.4 is 5.32 Å². The number of nitrogens with zero attached hydrogens (tertiary/aromatic N) is 2. The van der Waals surface area contributed by atoms with E-state index in [4.69, 9.17) is 0 Å². The molecule has 1 aliphatic rings. The molecule has 0 spiro atoms. The summed E-state index contributed by atoms with van der Waals surface area (Å²) in [6.45, 7) is 5.66. The topological polar surface area (TPSA) is 62.3 Å². The van der Waals surface area contributed by atoms with Crippen LogP contribution >= 0.6 is 11.3 Å². The third-order valence-electron chi connectivity index (χ3n) is 4.40. The van der Waals surface area contributed by atoms with Crippen molar-refractivity contribution < 1.29 is 9.59 Å². The minimum Gasteiger partial charge on any atom is -0.337 e. The van der Waals surface area contributed by atoms with E-state index in [1.54, 1.807) is 11.4 Å². The van der Waals surface area contributed by atoms with E-state index in [1.807, 2.05) is 30.0 Å². The molecule has 0 bridgehead atoms. The Kier molecular flexibility index (Phi) is 4.94. The molecule has 2 amide bonds. The van der Waals surface area contributed by atoms with E-state index in [2.05, 4.69) is 17.2 Å². The zero-order valence-electron chi connectivity index (χ0n) is 13.9. The number of hydrogen-bond donors (Lipinski definition) is 1. The summed E-state index contributed by atoms with van der Waals surface area (Å²) in [7, 11) is 0. The number of thiazole rings is 1. The SMILES string of the molecule is Cc1ccccc1C(=O)Nc1nc(C(=O)N2CCC(C)CC2)cs1. The van der Waals surface area contributed by atoms with Gasteiger partial charge in [0, 0.05) is 24.0 Å². The van der Waals surface area contributed by atoms with Crippen LogP contribution in [0, 0.1) is 12.8 Å². The lowest BCUT2D eigenvalue weighted by Gasteiger charge is -2.29. The van der Waals surface area contributed by atoms with E-state index in [1.165, 1.54) is 11.3 Å². The molecule has 1 fully saturated rings. The number of aryl methyl sites for hydroxylation is 1. The van der Waals surface area contributed by atoms with E-state index < -0.39 is 0 Å². The normalized spacial score (nSPS) is 15.3. The van der Waals surface area contributed by atoms with Crippen molar-refractivity contribution in [1.29, 1.82) is 0 Å². The molecule has 0 unspecified atom stereocenters. The van der Waals surface area contributed by atoms with Crippen molar-refractivity contribution in [3.8, 4) is 0 Å². The molecule has 6 heteroatoms. The van der Waals surface area contributed by atoms with Crippen molar-refractivity contribution in [2.45, 2.75) is 26.7 Å². The summed E-state index contributed by atoms with van der Waals surface area (Å²) in [5.41, 5.74) is 1.94. The number of rotatable bonds is 3. The molecule has 1 saturated heterocycles. The number of aromatic nitrogens is 1. The first-order chi connectivity index (χ1) is 11.5. The third-order valence-corrected chi connectivity index (χ3v) is 5.16. The fraction of sp³-hybridized carbons (Fsp3) is 0.389. The Morgan fingerprint density at radius 1 is 1.25 bits per heavy atom. The zero-order chi connectivity index (χ0) is 17.1. The van der Waals surface area contributed by atoms with Gasteiger partial charge in [0.15, 0.2) is 5.13 Å². The predicted molar refractivity (Wildman–Crippen MR) is 95.5 cm³/mol. The van der Waals surface area contributed by atoms with Gasteiger partial charge in [-0.15, -0.1) is 11.3 Å². The number of carbonyl (C=O) groups is 2. The van der Waals surface area contributed by atoms with Crippen LogP contribution in [0.2, 0.25) is 0 Å². The molecule has 0 atom stereocenters. The number of hydrogen-bond acceptors (Lipinski definition) is 4. The number of amides is 2. The van der Waals surface area contributed by atoms with E-state index in [9.17, 15) is 9.59 Å². The number of benzene rings is 1. The number of carbonyl (C=O) groups excluding carboxylic acids is 2. The summed E-state index contributed by atoms with van der Waals surface area (Å²) >= 11 is 1.28. The molecule has 0 saturated carbocycles. The van der Waals surface area contributed by atoms with Gasteiger partial charge in [0.1, 0.15) is 5.69 Å². The van der Waals surface area contributed by atoms with Crippen LogP contribution in [-0.4, -0.2) is 34.8 Å². The maximum atomic E-state index is 12.5. The number of piperidine rings is 1. The molecule has 1 aromatic heterocycles. The maximum absolute atomic E-state index is 12.5. The molecule has 1 N–H and O–H groups in total. The van der Waals surface area contributed by atoms with Crippen molar-refractivity contribution in [3.63, 3.8) is 0 Å². The second kappa shape index (κ2) is 7.13. The molecule has 2 heterocycles. The summed E-state index contributed by atoms with van der Waals surface area (Å²) in [6, 6.07) is 7.39. The number of likely N-dealkylation sites (tertiary alicyclic amines) is 1. The van der Waals surface area contributed by atoms with Crippen LogP contribution in [0.1, 0.15) is 46.2 Å². The van der Waals surface area contributed by atoms with Crippen LogP contribution in [0.25, 0.3) is 0 Å². The van der Waals surface area contributed by atoms with Crippen molar-refractivity contribution in [3.05, 3.63) is 46.5 Å². The average Bonchev–Trinajstić information content (AvgIpc) is 3.03. The largest absolute Gasteiger partial charge is 0.337 e. The zero-order valence-corrected chi connectivity index (χ0v) is 14.7. The first kappa shape index (κ1) is 16.6. The maximum Gasteiger partial charge on any atom is 0.273 e. The van der Waals surface area contributed by atoms with Crippen molar-refractivity contribution in [2.24, 2.45) is 5.92 Å². The highest BCUT2D eigenvalue weighted by Gasteiger charge is 2.23. The molecular weight excluding hydrogens is 322 g/mol. The van der Waals surface area contributed by atoms with Crippen LogP contribution in [0.15, 0.2) is 29.6 Å². The smallest absolute Gasteiger partial charge is 0.273 e. The average molecular weight is 343 g/mol. The lowest BCUT2D eigenvalue weighted by atomic mass is 9.99. The Morgan fingerprint density at radius 3 is 2.67 bits per heavy atom. The Balaban J connectivity index is 1.66. The summed E-state index contributed by atoms with van der Waals surface area (Å²) in [5, 5.41) is 4.95. The second-order valence-corrected chi connectivity index (χ2v) is 7.14. The van der Waals surface area contributed by atoms with E-state index in [0.29, 0.717) is 22.3 Å². The van der Waals surface area contributed by atoms with Crippen LogP contribution in [0.4, 0.5) is 5.13 Å². The predicted octanol–water partition coefficient (Wildman–Crippen LogP) is 3.58. The minimum absolute atomic E-state index is 0.0467. The molecule has 3 rings (SSSR count). The van der Waals surface area contributed by atoms with Crippen molar-refractivity contribution >= 4 is 28.3 Å². The van der Waals surface area contributed by atoms with Crippen LogP contribution in [0.3, 0.4) is 0 Å². The van der Waals surface area contributed by atoms with Gasteiger partial charge < -0.3 is 4.90 Å². The quantitative estimate of drug-likeness (QED) is 0.926. The fourth-order valence-electron chi connectivity index (χ4n) is 2.80. The minimum atomic E-state index is -0.201. The van der Waals surface area contributed by atoms with Gasteiger partial charge >= 0.3 is 0 Å². The van der Waals surface area contributed by atoms with Crippen molar-refractivity contribution in [1.82, 2.24) is 9.88 Å². The highest BCUT2D eigenvalue weighted by molar-refractivity contribution is 7.14. The van der Waals surface area contributed by atoms with E-state index >= 15 is 0 Å². The Labute approximate surface area is 145 Å². The molecule has 5 nitrogen and oxygen atoms in total. The standard InChI is InChI=1S/C18H21N3O2S/c1-12-7-9-21(10-8-12)17(23)15-11-24-18(19-15)20-16(22)14-6-4-3-5-13(14)2/h3-6,11-12H,7-10H2,1-2H3,(H,19,20,22). The molecule has 0 aliphatic carbocycles. The highest BCUT2D eigenvalue weighted by atomic mass is 32.1. The van der Waals surface area contributed by atoms with Gasteiger partial charge in [-0.05, 0) is 37.3 Å². The van der Waals surface area contributed by atoms with Gasteiger partial charge in [0.05, 0.1) is 0 Å². The Bertz CT molecular complexity index is 748. The summed E-state index contributed by atoms with van der Waals surface area (Å²) in [5.74, 6) is 0.427. The highest BCUT2D eigenvalue weighted by Crippen LogP contribution is 2.21. The monoisotopic (exact) mass is 343 g/mol. The fourth-order valence-corrected chi connectivity index (χ4v) is 3.47. The van der Waals surface area contributed by atoms with Crippen LogP contribution in [-0.2, 0) is 0 Å². The van der Waals surface area contributed by atoms with Crippen molar-refractivity contribution in [2.75, 3.05) is 18.4 Å². The lowest BCUT2D eigenvalue weighted by molar-refractivity contribution is 0.0692. The Hall–Kier alpha value is -2.21. The van der Waals surface area contributed by atoms with Gasteiger partial charge in [-0.25, -0.2) is 4.98 Å². The van der Waals surface area contributed by atoms with Gasteiger partial charge in [-0.3, -0.25) is 14.9 Å². The molecule has 1 aromatic carbocycles. The first-order valence-electron chi connectivity index (χ1n) is 8.16. The molecule has 24 heavy (non-hydrogen) atoms. The first-order valence-corrected chi connectivity index (χ1v) is 9.04. The molecule has 2 aromatic rings. The summed E-state index contributed by atoms with van der Waals surface area (Å²) in [4.78, 5) is 30.9.